The largest absolute Gasteiger partial charge is 0.490 e. The van der Waals surface area contributed by atoms with Crippen molar-refractivity contribution < 1.29 is 19.1 Å². The van der Waals surface area contributed by atoms with Crippen LogP contribution in [0, 0.1) is 0 Å². The zero-order valence-corrected chi connectivity index (χ0v) is 19.1. The molecule has 9 heteroatoms. The number of benzene rings is 1. The number of carbonyl (C=O) groups is 2. The summed E-state index contributed by atoms with van der Waals surface area (Å²) >= 11 is 7.71. The van der Waals surface area contributed by atoms with Gasteiger partial charge in [-0.1, -0.05) is 37.2 Å². The number of hydrogen-bond donors (Lipinski definition) is 1. The van der Waals surface area contributed by atoms with Gasteiger partial charge in [-0.25, -0.2) is 0 Å². The van der Waals surface area contributed by atoms with Gasteiger partial charge in [0, 0.05) is 0 Å². The fraction of sp³-hybridized carbons (Fsp3) is 0.286. The Morgan fingerprint density at radius 1 is 1.23 bits per heavy atom. The summed E-state index contributed by atoms with van der Waals surface area (Å²) in [5, 5.41) is 2.91. The molecular formula is C21H22N2O4S3. The molecule has 30 heavy (non-hydrogen) atoms. The van der Waals surface area contributed by atoms with Gasteiger partial charge in [-0.3, -0.25) is 15.0 Å². The molecule has 0 radical (unpaired) electrons. The molecule has 2 aromatic rings. The minimum atomic E-state index is -0.366. The molecule has 0 aliphatic carbocycles. The predicted molar refractivity (Wildman–Crippen MR) is 125 cm³/mol. The maximum absolute atomic E-state index is 12.8. The highest BCUT2D eigenvalue weighted by atomic mass is 32.2. The maximum atomic E-state index is 12.8. The number of unbranched alkanes of at least 4 members (excludes halogenated alkanes) is 1. The Kier molecular flexibility index (Phi) is 7.89. The number of nitrogens with one attached hydrogen (secondary N) is 1. The molecule has 0 saturated carbocycles. The molecule has 0 atom stereocenters. The van der Waals surface area contributed by atoms with Crippen molar-refractivity contribution in [2.24, 2.45) is 0 Å². The SMILES string of the molecule is CCCCOc1ccc(/C=C2\SC(=S)N(NC(=O)c3cccs3)C2=O)cc1OCC. The molecule has 1 aliphatic rings. The quantitative estimate of drug-likeness (QED) is 0.326. The van der Waals surface area contributed by atoms with Crippen molar-refractivity contribution in [3.63, 3.8) is 0 Å². The van der Waals surface area contributed by atoms with Gasteiger partial charge >= 0.3 is 0 Å². The third-order valence-electron chi connectivity index (χ3n) is 4.07. The van der Waals surface area contributed by atoms with Crippen molar-refractivity contribution >= 4 is 57.5 Å². The molecule has 6 nitrogen and oxygen atoms in total. The molecule has 1 aliphatic heterocycles. The third-order valence-corrected chi connectivity index (χ3v) is 6.24. The lowest BCUT2D eigenvalue weighted by molar-refractivity contribution is -0.123. The second kappa shape index (κ2) is 10.6. The van der Waals surface area contributed by atoms with Crippen LogP contribution in [0.3, 0.4) is 0 Å². The van der Waals surface area contributed by atoms with Gasteiger partial charge in [-0.2, -0.15) is 5.01 Å². The van der Waals surface area contributed by atoms with Crippen LogP contribution in [-0.4, -0.2) is 34.4 Å². The van der Waals surface area contributed by atoms with E-state index in [0.29, 0.717) is 34.5 Å². The number of thiophene rings is 1. The predicted octanol–water partition coefficient (Wildman–Crippen LogP) is 4.87. The first-order valence-electron chi connectivity index (χ1n) is 9.55. The Bertz CT molecular complexity index is 957. The summed E-state index contributed by atoms with van der Waals surface area (Å²) in [5.41, 5.74) is 3.36. The lowest BCUT2D eigenvalue weighted by Crippen LogP contribution is -2.44. The van der Waals surface area contributed by atoms with Crippen LogP contribution in [-0.2, 0) is 4.79 Å². The summed E-state index contributed by atoms with van der Waals surface area (Å²) in [5.74, 6) is 0.577. The topological polar surface area (TPSA) is 67.9 Å². The van der Waals surface area contributed by atoms with Crippen LogP contribution in [0.15, 0.2) is 40.6 Å². The first kappa shape index (κ1) is 22.3. The lowest BCUT2D eigenvalue weighted by atomic mass is 10.2. The molecule has 1 fully saturated rings. The standard InChI is InChI=1S/C21H22N2O4S3/c1-3-5-10-27-15-9-8-14(12-16(15)26-4-2)13-18-20(25)23(21(28)30-18)22-19(24)17-7-6-11-29-17/h6-9,11-13H,3-5,10H2,1-2H3,(H,22,24)/b18-13-. The third kappa shape index (κ3) is 5.41. The Morgan fingerprint density at radius 2 is 2.07 bits per heavy atom. The number of thiocarbonyl (C=S) groups is 1. The summed E-state index contributed by atoms with van der Waals surface area (Å²) in [6.45, 7) is 5.14. The van der Waals surface area contributed by atoms with E-state index >= 15 is 0 Å². The Hall–Kier alpha value is -2.36. The minimum Gasteiger partial charge on any atom is -0.490 e. The van der Waals surface area contributed by atoms with Gasteiger partial charge in [0.2, 0.25) is 0 Å². The molecule has 0 spiro atoms. The van der Waals surface area contributed by atoms with E-state index in [2.05, 4.69) is 12.3 Å². The molecule has 0 unspecified atom stereocenters. The van der Waals surface area contributed by atoms with E-state index in [1.54, 1.807) is 23.6 Å². The van der Waals surface area contributed by atoms with Gasteiger partial charge in [0.15, 0.2) is 15.8 Å². The van der Waals surface area contributed by atoms with E-state index < -0.39 is 0 Å². The molecule has 2 amide bonds. The van der Waals surface area contributed by atoms with Crippen molar-refractivity contribution in [2.75, 3.05) is 13.2 Å². The molecule has 1 N–H and O–H groups in total. The van der Waals surface area contributed by atoms with Crippen LogP contribution >= 0.6 is 35.3 Å². The van der Waals surface area contributed by atoms with Crippen LogP contribution in [0.4, 0.5) is 0 Å². The second-order valence-electron chi connectivity index (χ2n) is 6.28. The first-order chi connectivity index (χ1) is 14.5. The average molecular weight is 463 g/mol. The van der Waals surface area contributed by atoms with Crippen molar-refractivity contribution in [3.05, 3.63) is 51.1 Å². The van der Waals surface area contributed by atoms with Gasteiger partial charge in [-0.05, 0) is 60.8 Å². The number of amides is 2. The fourth-order valence-electron chi connectivity index (χ4n) is 2.61. The van der Waals surface area contributed by atoms with E-state index in [1.165, 1.54) is 11.3 Å². The fourth-order valence-corrected chi connectivity index (χ4v) is 4.40. The number of carbonyl (C=O) groups excluding carboxylic acids is 2. The van der Waals surface area contributed by atoms with Crippen LogP contribution in [0.1, 0.15) is 41.9 Å². The summed E-state index contributed by atoms with van der Waals surface area (Å²) in [4.78, 5) is 26.0. The van der Waals surface area contributed by atoms with Gasteiger partial charge < -0.3 is 9.47 Å². The highest BCUT2D eigenvalue weighted by Crippen LogP contribution is 2.34. The lowest BCUT2D eigenvalue weighted by Gasteiger charge is -2.14. The van der Waals surface area contributed by atoms with Crippen molar-refractivity contribution in [2.45, 2.75) is 26.7 Å². The highest BCUT2D eigenvalue weighted by molar-refractivity contribution is 8.26. The monoisotopic (exact) mass is 462 g/mol. The number of thioether (sulfide) groups is 1. The molecule has 0 bridgehead atoms. The van der Waals surface area contributed by atoms with Crippen molar-refractivity contribution in [1.82, 2.24) is 10.4 Å². The number of hydrogen-bond acceptors (Lipinski definition) is 7. The van der Waals surface area contributed by atoms with Crippen LogP contribution < -0.4 is 14.9 Å². The molecule has 3 rings (SSSR count). The number of nitrogens with zero attached hydrogens (tertiary/aromatic N) is 1. The normalized spacial score (nSPS) is 15.0. The number of ether oxygens (including phenoxy) is 2. The first-order valence-corrected chi connectivity index (χ1v) is 11.7. The minimum absolute atomic E-state index is 0.278. The van der Waals surface area contributed by atoms with Crippen molar-refractivity contribution in [3.8, 4) is 11.5 Å². The molecular weight excluding hydrogens is 440 g/mol. The maximum Gasteiger partial charge on any atom is 0.285 e. The smallest absolute Gasteiger partial charge is 0.285 e. The van der Waals surface area contributed by atoms with Gasteiger partial charge in [0.05, 0.1) is 23.0 Å². The van der Waals surface area contributed by atoms with Crippen LogP contribution in [0.2, 0.25) is 0 Å². The van der Waals surface area contributed by atoms with E-state index in [0.717, 1.165) is 35.2 Å². The van der Waals surface area contributed by atoms with E-state index in [1.807, 2.05) is 25.1 Å². The number of hydrazine groups is 1. The highest BCUT2D eigenvalue weighted by Gasteiger charge is 2.34. The summed E-state index contributed by atoms with van der Waals surface area (Å²) in [6.07, 6.45) is 3.74. The molecule has 1 aromatic heterocycles. The van der Waals surface area contributed by atoms with Crippen LogP contribution in [0.5, 0.6) is 11.5 Å². The van der Waals surface area contributed by atoms with Gasteiger partial charge in [0.25, 0.3) is 11.8 Å². The van der Waals surface area contributed by atoms with Gasteiger partial charge in [0.1, 0.15) is 0 Å². The van der Waals surface area contributed by atoms with Crippen LogP contribution in [0.25, 0.3) is 6.08 Å². The second-order valence-corrected chi connectivity index (χ2v) is 8.90. The van der Waals surface area contributed by atoms with E-state index in [4.69, 9.17) is 21.7 Å². The van der Waals surface area contributed by atoms with E-state index in [-0.39, 0.29) is 16.1 Å². The van der Waals surface area contributed by atoms with Crippen molar-refractivity contribution in [1.29, 1.82) is 0 Å². The summed E-state index contributed by atoms with van der Waals surface area (Å²) in [6, 6.07) is 9.00. The molecule has 158 valence electrons. The Labute approximate surface area is 189 Å². The molecule has 2 heterocycles. The Morgan fingerprint density at radius 3 is 2.77 bits per heavy atom. The van der Waals surface area contributed by atoms with E-state index in [9.17, 15) is 9.59 Å². The zero-order chi connectivity index (χ0) is 21.5. The Balaban J connectivity index is 1.75. The molecule has 1 aromatic carbocycles. The molecule has 1 saturated heterocycles. The summed E-state index contributed by atoms with van der Waals surface area (Å²) < 4.78 is 11.8. The average Bonchev–Trinajstić information content (AvgIpc) is 3.35. The summed E-state index contributed by atoms with van der Waals surface area (Å²) in [7, 11) is 0. The zero-order valence-electron chi connectivity index (χ0n) is 16.7. The van der Waals surface area contributed by atoms with Gasteiger partial charge in [-0.15, -0.1) is 11.3 Å². The number of rotatable bonds is 9.